The molecular formula is C25H34FN3O2S. The van der Waals surface area contributed by atoms with E-state index in [1.54, 1.807) is 6.07 Å². The fourth-order valence-electron chi connectivity index (χ4n) is 3.86. The van der Waals surface area contributed by atoms with Gasteiger partial charge in [-0.1, -0.05) is 26.8 Å². The lowest BCUT2D eigenvalue weighted by Crippen LogP contribution is -2.31. The first kappa shape index (κ1) is 24.5. The van der Waals surface area contributed by atoms with Crippen molar-refractivity contribution in [3.05, 3.63) is 53.6 Å². The molecule has 3 rings (SSSR count). The molecule has 7 heteroatoms. The Morgan fingerprint density at radius 1 is 1.31 bits per heavy atom. The van der Waals surface area contributed by atoms with Gasteiger partial charge in [-0.2, -0.15) is 4.39 Å². The van der Waals surface area contributed by atoms with Crippen LogP contribution < -0.4 is 14.8 Å². The molecule has 0 spiro atoms. The highest BCUT2D eigenvalue weighted by molar-refractivity contribution is 7.98. The fraction of sp³-hybridized carbons (Fsp3) is 0.520. The molecule has 1 fully saturated rings. The number of ether oxygens (including phenoxy) is 1. The first-order valence-corrected chi connectivity index (χ1v) is 12.0. The average Bonchev–Trinajstić information content (AvgIpc) is 3.07. The number of nitrogens with zero attached hydrogens (tertiary/aromatic N) is 1. The average molecular weight is 460 g/mol. The van der Waals surface area contributed by atoms with Crippen molar-refractivity contribution in [2.75, 3.05) is 13.2 Å². The smallest absolute Gasteiger partial charge is 0.266 e. The molecule has 0 saturated carbocycles. The van der Waals surface area contributed by atoms with E-state index in [9.17, 15) is 9.18 Å². The van der Waals surface area contributed by atoms with E-state index in [4.69, 9.17) is 4.74 Å². The molecule has 1 amide bonds. The number of benzene rings is 1. The maximum Gasteiger partial charge on any atom is 0.266 e. The van der Waals surface area contributed by atoms with Crippen molar-refractivity contribution >= 4 is 17.9 Å². The zero-order chi connectivity index (χ0) is 23.4. The molecule has 2 aromatic rings. The highest BCUT2D eigenvalue weighted by Gasteiger charge is 2.29. The summed E-state index contributed by atoms with van der Waals surface area (Å²) in [6, 6.07) is 10.7. The van der Waals surface area contributed by atoms with Gasteiger partial charge in [-0.25, -0.2) is 4.98 Å². The van der Waals surface area contributed by atoms with Crippen LogP contribution in [-0.4, -0.2) is 29.6 Å². The minimum absolute atomic E-state index is 0.0671. The molecule has 5 nitrogen and oxygen atoms in total. The van der Waals surface area contributed by atoms with Crippen molar-refractivity contribution in [3.63, 3.8) is 0 Å². The van der Waals surface area contributed by atoms with Crippen molar-refractivity contribution in [3.8, 4) is 5.75 Å². The predicted octanol–water partition coefficient (Wildman–Crippen LogP) is 5.50. The second-order valence-corrected chi connectivity index (χ2v) is 11.0. The zero-order valence-electron chi connectivity index (χ0n) is 19.6. The number of pyridine rings is 1. The van der Waals surface area contributed by atoms with Gasteiger partial charge in [0, 0.05) is 21.5 Å². The molecule has 1 atom stereocenters. The van der Waals surface area contributed by atoms with E-state index in [-0.39, 0.29) is 16.5 Å². The quantitative estimate of drug-likeness (QED) is 0.310. The number of amides is 1. The Morgan fingerprint density at radius 3 is 2.75 bits per heavy atom. The van der Waals surface area contributed by atoms with Gasteiger partial charge in [0.15, 0.2) is 0 Å². The van der Waals surface area contributed by atoms with Crippen LogP contribution in [0.3, 0.4) is 0 Å². The van der Waals surface area contributed by atoms with Crippen molar-refractivity contribution in [1.82, 2.24) is 15.0 Å². The van der Waals surface area contributed by atoms with Crippen molar-refractivity contribution in [2.24, 2.45) is 5.92 Å². The van der Waals surface area contributed by atoms with Gasteiger partial charge >= 0.3 is 0 Å². The Bertz CT molecular complexity index is 943. The molecule has 1 aliphatic heterocycles. The lowest BCUT2D eigenvalue weighted by atomic mass is 9.91. The van der Waals surface area contributed by atoms with Gasteiger partial charge in [0.1, 0.15) is 5.75 Å². The van der Waals surface area contributed by atoms with Crippen LogP contribution in [0, 0.1) is 11.9 Å². The number of aromatic nitrogens is 1. The summed E-state index contributed by atoms with van der Waals surface area (Å²) in [6.07, 6.45) is 3.36. The van der Waals surface area contributed by atoms with Gasteiger partial charge in [-0.15, -0.1) is 0 Å². The molecule has 1 aliphatic rings. The van der Waals surface area contributed by atoms with Gasteiger partial charge in [-0.3, -0.25) is 9.52 Å². The summed E-state index contributed by atoms with van der Waals surface area (Å²) >= 11 is 1.13. The topological polar surface area (TPSA) is 63.2 Å². The number of hydrogen-bond acceptors (Lipinski definition) is 5. The van der Waals surface area contributed by atoms with E-state index >= 15 is 0 Å². The summed E-state index contributed by atoms with van der Waals surface area (Å²) in [5.41, 5.74) is 0.504. The van der Waals surface area contributed by atoms with Gasteiger partial charge in [-0.05, 0) is 87.9 Å². The van der Waals surface area contributed by atoms with Crippen molar-refractivity contribution < 1.29 is 13.9 Å². The third-order valence-electron chi connectivity index (χ3n) is 5.62. The largest absolute Gasteiger partial charge is 0.494 e. The molecule has 1 aromatic carbocycles. The van der Waals surface area contributed by atoms with Crippen LogP contribution in [0.15, 0.2) is 41.3 Å². The Morgan fingerprint density at radius 2 is 2.09 bits per heavy atom. The van der Waals surface area contributed by atoms with E-state index in [1.165, 1.54) is 12.5 Å². The molecule has 1 aromatic heterocycles. The number of carbonyl (C=O) groups is 1. The second-order valence-electron chi connectivity index (χ2n) is 10.1. The fourth-order valence-corrected chi connectivity index (χ4v) is 4.50. The molecule has 1 unspecified atom stereocenters. The normalized spacial score (nSPS) is 17.9. The molecule has 0 radical (unpaired) electrons. The molecule has 0 bridgehead atoms. The molecule has 0 aliphatic carbocycles. The molecule has 174 valence electrons. The standard InChI is InChI=1S/C25H34FN3O2S/c1-24(2,3)21-12-11-20(22(26)28-21)23(30)29-32-19-10-6-9-18(14-19)31-13-7-8-17-15-25(4,5)27-16-17/h6,9-12,14,17,27H,7-8,13,15-16H2,1-5H3,(H,29,30). The lowest BCUT2D eigenvalue weighted by Gasteiger charge is -2.18. The summed E-state index contributed by atoms with van der Waals surface area (Å²) in [5, 5.41) is 3.55. The Balaban J connectivity index is 1.47. The van der Waals surface area contributed by atoms with E-state index in [2.05, 4.69) is 28.9 Å². The summed E-state index contributed by atoms with van der Waals surface area (Å²) in [6.45, 7) is 12.1. The maximum atomic E-state index is 14.3. The highest BCUT2D eigenvalue weighted by atomic mass is 32.2. The number of hydrogen-bond donors (Lipinski definition) is 2. The Hall–Kier alpha value is -2.12. The molecule has 32 heavy (non-hydrogen) atoms. The number of rotatable bonds is 8. The zero-order valence-corrected chi connectivity index (χ0v) is 20.4. The Kier molecular flexibility index (Phi) is 7.83. The van der Waals surface area contributed by atoms with Crippen LogP contribution in [0.2, 0.25) is 0 Å². The highest BCUT2D eigenvalue weighted by Crippen LogP contribution is 2.27. The molecular weight excluding hydrogens is 425 g/mol. The third-order valence-corrected chi connectivity index (χ3v) is 6.40. The SMILES string of the molecule is CC1(C)CC(CCCOc2cccc(SNC(=O)c3ccc(C(C)(C)C)nc3F)c2)CN1. The van der Waals surface area contributed by atoms with Crippen LogP contribution in [0.4, 0.5) is 4.39 Å². The summed E-state index contributed by atoms with van der Waals surface area (Å²) < 4.78 is 22.9. The van der Waals surface area contributed by atoms with Gasteiger partial charge in [0.25, 0.3) is 5.91 Å². The van der Waals surface area contributed by atoms with E-state index in [0.717, 1.165) is 42.0 Å². The van der Waals surface area contributed by atoms with E-state index in [1.807, 2.05) is 45.0 Å². The summed E-state index contributed by atoms with van der Waals surface area (Å²) in [5.74, 6) is 0.197. The van der Waals surface area contributed by atoms with Gasteiger partial charge in [0.2, 0.25) is 5.95 Å². The van der Waals surface area contributed by atoms with Gasteiger partial charge < -0.3 is 10.1 Å². The van der Waals surface area contributed by atoms with Crippen LogP contribution in [0.5, 0.6) is 5.75 Å². The minimum Gasteiger partial charge on any atom is -0.494 e. The minimum atomic E-state index is -0.756. The van der Waals surface area contributed by atoms with Crippen LogP contribution >= 0.6 is 11.9 Å². The number of nitrogens with one attached hydrogen (secondary N) is 2. The summed E-state index contributed by atoms with van der Waals surface area (Å²) in [7, 11) is 0. The van der Waals surface area contributed by atoms with Crippen LogP contribution in [-0.2, 0) is 5.41 Å². The third kappa shape index (κ3) is 6.94. The molecule has 2 N–H and O–H groups in total. The van der Waals surface area contributed by atoms with Crippen LogP contribution in [0.25, 0.3) is 0 Å². The maximum absolute atomic E-state index is 14.3. The lowest BCUT2D eigenvalue weighted by molar-refractivity contribution is 0.0979. The first-order chi connectivity index (χ1) is 15.0. The first-order valence-electron chi connectivity index (χ1n) is 11.2. The molecule has 2 heterocycles. The molecule has 1 saturated heterocycles. The van der Waals surface area contributed by atoms with Crippen LogP contribution in [0.1, 0.15) is 69.9 Å². The number of halogens is 1. The summed E-state index contributed by atoms with van der Waals surface area (Å²) in [4.78, 5) is 17.2. The Labute approximate surface area is 195 Å². The van der Waals surface area contributed by atoms with Gasteiger partial charge in [0.05, 0.1) is 12.2 Å². The van der Waals surface area contributed by atoms with E-state index < -0.39 is 11.9 Å². The van der Waals surface area contributed by atoms with Crippen molar-refractivity contribution in [2.45, 2.75) is 69.7 Å². The predicted molar refractivity (Wildman–Crippen MR) is 128 cm³/mol. The monoisotopic (exact) mass is 459 g/mol. The van der Waals surface area contributed by atoms with Crippen molar-refractivity contribution in [1.29, 1.82) is 0 Å². The van der Waals surface area contributed by atoms with E-state index in [0.29, 0.717) is 18.2 Å². The second kappa shape index (κ2) is 10.2. The number of carbonyl (C=O) groups excluding carboxylic acids is 1.